The molecule has 1 heterocycles. The van der Waals surface area contributed by atoms with Gasteiger partial charge in [0.15, 0.2) is 23.9 Å². The fourth-order valence-corrected chi connectivity index (χ4v) is 1.62. The fourth-order valence-electron chi connectivity index (χ4n) is 1.62. The van der Waals surface area contributed by atoms with Gasteiger partial charge in [0.05, 0.1) is 12.1 Å². The molecule has 0 unspecified atom stereocenters. The Hall–Kier alpha value is -2.08. The molecule has 0 amide bonds. The number of nitrogens with two attached hydrogens (primary N) is 1. The summed E-state index contributed by atoms with van der Waals surface area (Å²) in [6, 6.07) is 7.50. The molecule has 114 valence electrons. The highest BCUT2D eigenvalue weighted by atomic mass is 16.5. The third kappa shape index (κ3) is 4.19. The second-order valence-corrected chi connectivity index (χ2v) is 5.32. The average molecular weight is 291 g/mol. The monoisotopic (exact) mass is 291 g/mol. The molecule has 0 saturated carbocycles. The van der Waals surface area contributed by atoms with E-state index in [0.29, 0.717) is 29.8 Å². The van der Waals surface area contributed by atoms with E-state index in [1.807, 2.05) is 38.1 Å². The first-order valence-corrected chi connectivity index (χ1v) is 6.97. The number of para-hydroxylation sites is 2. The van der Waals surface area contributed by atoms with Crippen LogP contribution in [0.25, 0.3) is 0 Å². The van der Waals surface area contributed by atoms with Crippen LogP contribution in [0.2, 0.25) is 0 Å². The molecule has 0 spiro atoms. The predicted octanol–water partition coefficient (Wildman–Crippen LogP) is 2.63. The topological polar surface area (TPSA) is 83.4 Å². The molecule has 1 aromatic heterocycles. The van der Waals surface area contributed by atoms with Crippen LogP contribution in [0.5, 0.6) is 11.5 Å². The molecule has 2 N–H and O–H groups in total. The molecule has 0 fully saturated rings. The lowest BCUT2D eigenvalue weighted by molar-refractivity contribution is 0.225. The Balaban J connectivity index is 2.01. The van der Waals surface area contributed by atoms with Crippen molar-refractivity contribution in [2.75, 3.05) is 6.61 Å². The van der Waals surface area contributed by atoms with E-state index in [1.165, 1.54) is 0 Å². The number of hydrogen-bond acceptors (Lipinski definition) is 6. The van der Waals surface area contributed by atoms with Crippen molar-refractivity contribution in [2.24, 2.45) is 5.73 Å². The summed E-state index contributed by atoms with van der Waals surface area (Å²) in [6.45, 7) is 6.51. The van der Waals surface area contributed by atoms with Gasteiger partial charge in [-0.2, -0.15) is 4.98 Å². The summed E-state index contributed by atoms with van der Waals surface area (Å²) >= 11 is 0. The molecule has 0 aliphatic carbocycles. The molecule has 2 rings (SSSR count). The standard InChI is InChI=1S/C15H21N3O3/c1-4-9-19-11-7-5-6-8-12(11)20-10-13-17-14(18-21-13)15(2,3)16/h5-8H,4,9-10,16H2,1-3H3. The van der Waals surface area contributed by atoms with E-state index in [9.17, 15) is 0 Å². The second-order valence-electron chi connectivity index (χ2n) is 5.32. The van der Waals surface area contributed by atoms with Crippen LogP contribution in [-0.4, -0.2) is 16.7 Å². The van der Waals surface area contributed by atoms with Gasteiger partial charge in [-0.05, 0) is 32.4 Å². The molecule has 0 atom stereocenters. The van der Waals surface area contributed by atoms with E-state index in [0.717, 1.165) is 6.42 Å². The van der Waals surface area contributed by atoms with Crippen LogP contribution in [0.4, 0.5) is 0 Å². The molecule has 0 aliphatic heterocycles. The minimum absolute atomic E-state index is 0.176. The lowest BCUT2D eigenvalue weighted by atomic mass is 10.1. The van der Waals surface area contributed by atoms with Crippen molar-refractivity contribution >= 4 is 0 Å². The Morgan fingerprint density at radius 1 is 1.19 bits per heavy atom. The van der Waals surface area contributed by atoms with Crippen LogP contribution in [0, 0.1) is 0 Å². The first kappa shape index (κ1) is 15.3. The largest absolute Gasteiger partial charge is 0.490 e. The molecule has 2 aromatic rings. The smallest absolute Gasteiger partial charge is 0.264 e. The van der Waals surface area contributed by atoms with E-state index in [4.69, 9.17) is 19.7 Å². The van der Waals surface area contributed by atoms with Crippen molar-refractivity contribution in [3.8, 4) is 11.5 Å². The van der Waals surface area contributed by atoms with Crippen molar-refractivity contribution in [1.29, 1.82) is 0 Å². The Labute approximate surface area is 124 Å². The van der Waals surface area contributed by atoms with Gasteiger partial charge in [0.25, 0.3) is 5.89 Å². The average Bonchev–Trinajstić information content (AvgIpc) is 2.92. The van der Waals surface area contributed by atoms with Gasteiger partial charge >= 0.3 is 0 Å². The summed E-state index contributed by atoms with van der Waals surface area (Å²) in [7, 11) is 0. The molecular formula is C15H21N3O3. The maximum atomic E-state index is 5.91. The molecular weight excluding hydrogens is 270 g/mol. The van der Waals surface area contributed by atoms with Gasteiger partial charge in [0, 0.05) is 0 Å². The van der Waals surface area contributed by atoms with Crippen molar-refractivity contribution in [1.82, 2.24) is 10.1 Å². The van der Waals surface area contributed by atoms with Gasteiger partial charge < -0.3 is 19.7 Å². The second kappa shape index (κ2) is 6.58. The molecule has 1 aromatic carbocycles. The van der Waals surface area contributed by atoms with E-state index in [2.05, 4.69) is 17.1 Å². The van der Waals surface area contributed by atoms with Crippen LogP contribution in [-0.2, 0) is 12.1 Å². The summed E-state index contributed by atoms with van der Waals surface area (Å²) in [5.41, 5.74) is 5.28. The fraction of sp³-hybridized carbons (Fsp3) is 0.467. The molecule has 0 radical (unpaired) electrons. The number of ether oxygens (including phenoxy) is 2. The third-order valence-corrected chi connectivity index (χ3v) is 2.71. The maximum Gasteiger partial charge on any atom is 0.264 e. The third-order valence-electron chi connectivity index (χ3n) is 2.71. The lowest BCUT2D eigenvalue weighted by Gasteiger charge is -2.11. The van der Waals surface area contributed by atoms with Crippen LogP contribution in [0.1, 0.15) is 38.9 Å². The van der Waals surface area contributed by atoms with Crippen LogP contribution in [0.15, 0.2) is 28.8 Å². The molecule has 0 aliphatic rings. The highest BCUT2D eigenvalue weighted by Crippen LogP contribution is 2.27. The zero-order chi connectivity index (χ0) is 15.3. The zero-order valence-corrected chi connectivity index (χ0v) is 12.6. The Morgan fingerprint density at radius 3 is 2.43 bits per heavy atom. The number of aromatic nitrogens is 2. The zero-order valence-electron chi connectivity index (χ0n) is 12.6. The summed E-state index contributed by atoms with van der Waals surface area (Å²) in [5, 5.41) is 3.85. The van der Waals surface area contributed by atoms with Gasteiger partial charge in [0.1, 0.15) is 0 Å². The molecule has 0 saturated heterocycles. The first-order chi connectivity index (χ1) is 10.0. The van der Waals surface area contributed by atoms with E-state index < -0.39 is 5.54 Å². The van der Waals surface area contributed by atoms with Gasteiger partial charge in [-0.1, -0.05) is 24.2 Å². The van der Waals surface area contributed by atoms with Gasteiger partial charge in [-0.3, -0.25) is 0 Å². The summed E-state index contributed by atoms with van der Waals surface area (Å²) in [6.07, 6.45) is 0.937. The van der Waals surface area contributed by atoms with Crippen molar-refractivity contribution in [2.45, 2.75) is 39.3 Å². The highest BCUT2D eigenvalue weighted by molar-refractivity contribution is 5.39. The minimum Gasteiger partial charge on any atom is -0.490 e. The van der Waals surface area contributed by atoms with Crippen molar-refractivity contribution in [3.63, 3.8) is 0 Å². The lowest BCUT2D eigenvalue weighted by Crippen LogP contribution is -2.30. The molecule has 21 heavy (non-hydrogen) atoms. The van der Waals surface area contributed by atoms with Crippen LogP contribution >= 0.6 is 0 Å². The van der Waals surface area contributed by atoms with Crippen LogP contribution in [0.3, 0.4) is 0 Å². The molecule has 6 heteroatoms. The molecule has 6 nitrogen and oxygen atoms in total. The quantitative estimate of drug-likeness (QED) is 0.844. The van der Waals surface area contributed by atoms with Gasteiger partial charge in [-0.15, -0.1) is 0 Å². The van der Waals surface area contributed by atoms with E-state index in [-0.39, 0.29) is 6.61 Å². The van der Waals surface area contributed by atoms with Gasteiger partial charge in [0.2, 0.25) is 0 Å². The van der Waals surface area contributed by atoms with Crippen molar-refractivity contribution < 1.29 is 14.0 Å². The minimum atomic E-state index is -0.635. The predicted molar refractivity (Wildman–Crippen MR) is 78.1 cm³/mol. The van der Waals surface area contributed by atoms with E-state index in [1.54, 1.807) is 0 Å². The number of benzene rings is 1. The Morgan fingerprint density at radius 2 is 1.86 bits per heavy atom. The summed E-state index contributed by atoms with van der Waals surface area (Å²) in [5.74, 6) is 2.20. The Kier molecular flexibility index (Phi) is 4.80. The highest BCUT2D eigenvalue weighted by Gasteiger charge is 2.21. The first-order valence-electron chi connectivity index (χ1n) is 6.97. The van der Waals surface area contributed by atoms with Crippen molar-refractivity contribution in [3.05, 3.63) is 36.0 Å². The number of rotatable bonds is 7. The SMILES string of the molecule is CCCOc1ccccc1OCc1nc(C(C)(C)N)no1. The van der Waals surface area contributed by atoms with Crippen LogP contribution < -0.4 is 15.2 Å². The number of nitrogens with zero attached hydrogens (tertiary/aromatic N) is 2. The Bertz CT molecular complexity index is 576. The normalized spacial score (nSPS) is 11.4. The van der Waals surface area contributed by atoms with Gasteiger partial charge in [-0.25, -0.2) is 0 Å². The summed E-state index contributed by atoms with van der Waals surface area (Å²) in [4.78, 5) is 4.22. The summed E-state index contributed by atoms with van der Waals surface area (Å²) < 4.78 is 16.4. The molecule has 0 bridgehead atoms. The van der Waals surface area contributed by atoms with E-state index >= 15 is 0 Å². The maximum absolute atomic E-state index is 5.91. The number of hydrogen-bond donors (Lipinski definition) is 1.